The van der Waals surface area contributed by atoms with Crippen LogP contribution in [0, 0.1) is 6.92 Å². The maximum Gasteiger partial charge on any atom is 0.420 e. The molecule has 34 heavy (non-hydrogen) atoms. The Balaban J connectivity index is 1.37. The van der Waals surface area contributed by atoms with Gasteiger partial charge in [0.2, 0.25) is 0 Å². The van der Waals surface area contributed by atoms with Crippen molar-refractivity contribution in [3.8, 4) is 17.0 Å². The molecule has 0 bridgehead atoms. The standard InChI is InChI=1S/C26H24F3N3OS/c1-18-7-9-19(10-8-18)5-2-3-14-33-24-12-11-21(15-22(24)26(27,28)29)31-25-32-23(17-34-25)20-6-4-13-30-16-20/h4,6-13,15-17H,2-3,5,14H2,1H3,(H,31,32). The second-order valence-electron chi connectivity index (χ2n) is 7.90. The fraction of sp³-hybridized carbons (Fsp3) is 0.231. The topological polar surface area (TPSA) is 47.0 Å². The minimum Gasteiger partial charge on any atom is -0.493 e. The Morgan fingerprint density at radius 2 is 1.85 bits per heavy atom. The van der Waals surface area contributed by atoms with Crippen LogP contribution < -0.4 is 10.1 Å². The predicted molar refractivity (Wildman–Crippen MR) is 130 cm³/mol. The number of anilines is 2. The monoisotopic (exact) mass is 483 g/mol. The lowest BCUT2D eigenvalue weighted by atomic mass is 10.1. The van der Waals surface area contributed by atoms with E-state index in [0.717, 1.165) is 24.5 Å². The van der Waals surface area contributed by atoms with E-state index < -0.39 is 11.7 Å². The second-order valence-corrected chi connectivity index (χ2v) is 8.76. The maximum atomic E-state index is 13.7. The highest BCUT2D eigenvalue weighted by molar-refractivity contribution is 7.14. The largest absolute Gasteiger partial charge is 0.493 e. The Morgan fingerprint density at radius 1 is 1.03 bits per heavy atom. The molecule has 0 aliphatic heterocycles. The number of hydrogen-bond donors (Lipinski definition) is 1. The third kappa shape index (κ3) is 6.35. The van der Waals surface area contributed by atoms with E-state index in [-0.39, 0.29) is 12.4 Å². The number of hydrogen-bond acceptors (Lipinski definition) is 5. The van der Waals surface area contributed by atoms with Gasteiger partial charge in [-0.2, -0.15) is 13.2 Å². The van der Waals surface area contributed by atoms with Gasteiger partial charge < -0.3 is 10.1 Å². The molecular weight excluding hydrogens is 459 g/mol. The number of rotatable bonds is 9. The van der Waals surface area contributed by atoms with Crippen LogP contribution in [-0.2, 0) is 12.6 Å². The van der Waals surface area contributed by atoms with E-state index in [1.807, 2.05) is 18.4 Å². The van der Waals surface area contributed by atoms with Gasteiger partial charge in [0.15, 0.2) is 5.13 Å². The number of unbranched alkanes of at least 4 members (excludes halogenated alkanes) is 1. The molecule has 2 heterocycles. The molecule has 0 aliphatic rings. The summed E-state index contributed by atoms with van der Waals surface area (Å²) in [7, 11) is 0. The summed E-state index contributed by atoms with van der Waals surface area (Å²) in [5.74, 6) is -0.163. The first-order valence-electron chi connectivity index (χ1n) is 10.9. The minimum absolute atomic E-state index is 0.163. The maximum absolute atomic E-state index is 13.7. The van der Waals surface area contributed by atoms with Crippen LogP contribution >= 0.6 is 11.3 Å². The van der Waals surface area contributed by atoms with Crippen molar-refractivity contribution in [2.24, 2.45) is 0 Å². The van der Waals surface area contributed by atoms with Crippen molar-refractivity contribution in [1.29, 1.82) is 0 Å². The molecule has 2 aromatic heterocycles. The van der Waals surface area contributed by atoms with E-state index in [9.17, 15) is 13.2 Å². The quantitative estimate of drug-likeness (QED) is 0.248. The van der Waals surface area contributed by atoms with Crippen LogP contribution in [-0.4, -0.2) is 16.6 Å². The summed E-state index contributed by atoms with van der Waals surface area (Å²) in [5, 5.41) is 5.29. The highest BCUT2D eigenvalue weighted by Gasteiger charge is 2.34. The van der Waals surface area contributed by atoms with Crippen molar-refractivity contribution in [1.82, 2.24) is 9.97 Å². The summed E-state index contributed by atoms with van der Waals surface area (Å²) in [6, 6.07) is 15.9. The average molecular weight is 484 g/mol. The first-order chi connectivity index (χ1) is 16.4. The van der Waals surface area contributed by atoms with Crippen molar-refractivity contribution < 1.29 is 17.9 Å². The van der Waals surface area contributed by atoms with Gasteiger partial charge in [-0.15, -0.1) is 11.3 Å². The number of pyridine rings is 1. The number of nitrogens with one attached hydrogen (secondary N) is 1. The fourth-order valence-electron chi connectivity index (χ4n) is 3.42. The van der Waals surface area contributed by atoms with Crippen molar-refractivity contribution in [3.05, 3.63) is 89.1 Å². The summed E-state index contributed by atoms with van der Waals surface area (Å²) in [5.41, 5.74) is 3.46. The number of thiazole rings is 1. The minimum atomic E-state index is -4.53. The Bertz CT molecular complexity index is 1210. The van der Waals surface area contributed by atoms with Crippen LogP contribution in [0.4, 0.5) is 24.0 Å². The highest BCUT2D eigenvalue weighted by atomic mass is 32.1. The van der Waals surface area contributed by atoms with Gasteiger partial charge in [-0.25, -0.2) is 4.98 Å². The average Bonchev–Trinajstić information content (AvgIpc) is 3.29. The van der Waals surface area contributed by atoms with Gasteiger partial charge in [-0.05, 0) is 62.1 Å². The molecule has 0 radical (unpaired) electrons. The number of ether oxygens (including phenoxy) is 1. The third-order valence-electron chi connectivity index (χ3n) is 5.24. The van der Waals surface area contributed by atoms with E-state index >= 15 is 0 Å². The first-order valence-corrected chi connectivity index (χ1v) is 11.8. The number of aryl methyl sites for hydroxylation is 2. The molecule has 0 saturated heterocycles. The van der Waals surface area contributed by atoms with E-state index in [2.05, 4.69) is 39.6 Å². The van der Waals surface area contributed by atoms with Crippen LogP contribution in [0.3, 0.4) is 0 Å². The molecule has 0 fully saturated rings. The van der Waals surface area contributed by atoms with E-state index in [0.29, 0.717) is 22.9 Å². The van der Waals surface area contributed by atoms with Gasteiger partial charge in [-0.1, -0.05) is 29.8 Å². The zero-order valence-corrected chi connectivity index (χ0v) is 19.4. The third-order valence-corrected chi connectivity index (χ3v) is 5.99. The molecule has 8 heteroatoms. The van der Waals surface area contributed by atoms with Crippen molar-refractivity contribution in [2.75, 3.05) is 11.9 Å². The number of benzene rings is 2. The molecule has 0 saturated carbocycles. The van der Waals surface area contributed by atoms with Crippen LogP contribution in [0.1, 0.15) is 29.5 Å². The molecule has 0 atom stereocenters. The Kier molecular flexibility index (Phi) is 7.47. The zero-order valence-electron chi connectivity index (χ0n) is 18.6. The second kappa shape index (κ2) is 10.7. The number of nitrogens with zero attached hydrogens (tertiary/aromatic N) is 2. The molecule has 176 valence electrons. The summed E-state index contributed by atoms with van der Waals surface area (Å²) in [6.07, 6.45) is 1.20. The van der Waals surface area contributed by atoms with Gasteiger partial charge in [0.1, 0.15) is 5.75 Å². The molecule has 4 nitrogen and oxygen atoms in total. The summed E-state index contributed by atoms with van der Waals surface area (Å²) in [4.78, 5) is 8.51. The van der Waals surface area contributed by atoms with Gasteiger partial charge in [0.25, 0.3) is 0 Å². The SMILES string of the molecule is Cc1ccc(CCCCOc2ccc(Nc3nc(-c4cccnc4)cs3)cc2C(F)(F)F)cc1. The molecule has 4 rings (SSSR count). The zero-order chi connectivity index (χ0) is 24.0. The molecule has 0 amide bonds. The fourth-order valence-corrected chi connectivity index (χ4v) is 4.16. The molecule has 2 aromatic carbocycles. The smallest absolute Gasteiger partial charge is 0.420 e. The van der Waals surface area contributed by atoms with E-state index in [1.165, 1.54) is 28.5 Å². The van der Waals surface area contributed by atoms with E-state index in [1.54, 1.807) is 24.5 Å². The van der Waals surface area contributed by atoms with Crippen LogP contribution in [0.25, 0.3) is 11.3 Å². The molecule has 4 aromatic rings. The highest BCUT2D eigenvalue weighted by Crippen LogP contribution is 2.39. The molecule has 0 spiro atoms. The summed E-state index contributed by atoms with van der Waals surface area (Å²) in [6.45, 7) is 2.26. The Morgan fingerprint density at radius 3 is 2.59 bits per heavy atom. The van der Waals surface area contributed by atoms with Crippen molar-refractivity contribution in [2.45, 2.75) is 32.4 Å². The molecule has 0 unspecified atom stereocenters. The van der Waals surface area contributed by atoms with Crippen LogP contribution in [0.2, 0.25) is 0 Å². The van der Waals surface area contributed by atoms with E-state index in [4.69, 9.17) is 4.74 Å². The van der Waals surface area contributed by atoms with Crippen molar-refractivity contribution in [3.63, 3.8) is 0 Å². The summed E-state index contributed by atoms with van der Waals surface area (Å²) < 4.78 is 46.6. The first kappa shape index (κ1) is 23.8. The number of aromatic nitrogens is 2. The predicted octanol–water partition coefficient (Wildman–Crippen LogP) is 7.68. The van der Waals surface area contributed by atoms with Gasteiger partial charge >= 0.3 is 6.18 Å². The molecule has 0 aliphatic carbocycles. The number of halogens is 3. The Hall–Kier alpha value is -3.39. The summed E-state index contributed by atoms with van der Waals surface area (Å²) >= 11 is 1.31. The lowest BCUT2D eigenvalue weighted by molar-refractivity contribution is -0.138. The lowest BCUT2D eigenvalue weighted by Gasteiger charge is -2.15. The normalized spacial score (nSPS) is 11.4. The van der Waals surface area contributed by atoms with Crippen molar-refractivity contribution >= 4 is 22.2 Å². The van der Waals surface area contributed by atoms with Gasteiger partial charge in [0.05, 0.1) is 17.9 Å². The van der Waals surface area contributed by atoms with Crippen LogP contribution in [0.5, 0.6) is 5.75 Å². The van der Waals surface area contributed by atoms with Crippen LogP contribution in [0.15, 0.2) is 72.4 Å². The van der Waals surface area contributed by atoms with Gasteiger partial charge in [0, 0.05) is 29.0 Å². The van der Waals surface area contributed by atoms with Gasteiger partial charge in [-0.3, -0.25) is 4.98 Å². The Labute approximate surface area is 200 Å². The molecular formula is C26H24F3N3OS. The number of alkyl halides is 3. The lowest BCUT2D eigenvalue weighted by Crippen LogP contribution is -2.10. The molecule has 1 N–H and O–H groups in total.